The molecule has 5 unspecified atom stereocenters. The minimum Gasteiger partial charge on any atom is -0.462 e. The fourth-order valence-corrected chi connectivity index (χ4v) is 12.4. The van der Waals surface area contributed by atoms with Crippen molar-refractivity contribution in [2.75, 3.05) is 39.6 Å². The SMILES string of the molecule is CC/C=C\C/C=C\C/C=C\C/C=C\CCCCC(=O)OC(COC(=O)CCCCCCCC/C=C\C/C=C\C/C=C\CCCCC)COP(=O)(O)OCC(O)COP(=O)(O)OCC(COC(=O)CCCCCCC/C=C\CCCCCCCC)OC(=O)CCCCCCCCCCCCCCC. The van der Waals surface area contributed by atoms with Crippen molar-refractivity contribution < 1.29 is 80.2 Å². The molecular weight excluding hydrogens is 1330 g/mol. The number of phosphoric ester groups is 2. The molecule has 0 rings (SSSR count). The minimum absolute atomic E-state index is 0.0396. The van der Waals surface area contributed by atoms with Crippen LogP contribution in [-0.2, 0) is 65.4 Å². The topological polar surface area (TPSA) is 237 Å². The molecule has 0 aliphatic heterocycles. The summed E-state index contributed by atoms with van der Waals surface area (Å²) in [4.78, 5) is 73.0. The van der Waals surface area contributed by atoms with E-state index in [0.717, 1.165) is 154 Å². The maximum atomic E-state index is 13.1. The van der Waals surface area contributed by atoms with Gasteiger partial charge in [-0.1, -0.05) is 292 Å². The van der Waals surface area contributed by atoms with Crippen LogP contribution in [0, 0.1) is 0 Å². The monoisotopic (exact) mass is 1480 g/mol. The van der Waals surface area contributed by atoms with Gasteiger partial charge in [0.05, 0.1) is 26.4 Å². The fourth-order valence-electron chi connectivity index (χ4n) is 10.9. The second-order valence-electron chi connectivity index (χ2n) is 27.0. The van der Waals surface area contributed by atoms with Gasteiger partial charge in [0.2, 0.25) is 0 Å². The Balaban J connectivity index is 5.37. The summed E-state index contributed by atoms with van der Waals surface area (Å²) in [5.74, 6) is -2.23. The molecule has 19 heteroatoms. The summed E-state index contributed by atoms with van der Waals surface area (Å²) in [6, 6.07) is 0. The van der Waals surface area contributed by atoms with Gasteiger partial charge in [0.15, 0.2) is 12.2 Å². The summed E-state index contributed by atoms with van der Waals surface area (Å²) in [5.41, 5.74) is 0. The van der Waals surface area contributed by atoms with Crippen molar-refractivity contribution in [3.63, 3.8) is 0 Å². The summed E-state index contributed by atoms with van der Waals surface area (Å²) < 4.78 is 68.6. The number of hydrogen-bond donors (Lipinski definition) is 3. The number of carbonyl (C=O) groups excluding carboxylic acids is 4. The highest BCUT2D eigenvalue weighted by Crippen LogP contribution is 2.45. The van der Waals surface area contributed by atoms with Crippen LogP contribution in [0.15, 0.2) is 97.2 Å². The van der Waals surface area contributed by atoms with Crippen LogP contribution in [0.25, 0.3) is 0 Å². The Kier molecular flexibility index (Phi) is 72.3. The van der Waals surface area contributed by atoms with Crippen LogP contribution in [0.3, 0.4) is 0 Å². The molecule has 0 bridgehead atoms. The van der Waals surface area contributed by atoms with Gasteiger partial charge in [0, 0.05) is 25.7 Å². The molecule has 0 fully saturated rings. The Hall–Kier alpha value is -4.02. The van der Waals surface area contributed by atoms with Crippen LogP contribution in [0.4, 0.5) is 0 Å². The van der Waals surface area contributed by atoms with Gasteiger partial charge in [-0.3, -0.25) is 37.3 Å². The summed E-state index contributed by atoms with van der Waals surface area (Å²) in [7, 11) is -9.97. The number of hydrogen-bond acceptors (Lipinski definition) is 15. The van der Waals surface area contributed by atoms with Crippen molar-refractivity contribution in [2.45, 2.75) is 367 Å². The molecule has 0 aromatic rings. The van der Waals surface area contributed by atoms with E-state index in [0.29, 0.717) is 32.1 Å². The zero-order valence-electron chi connectivity index (χ0n) is 64.5. The Labute approximate surface area is 620 Å². The summed E-state index contributed by atoms with van der Waals surface area (Å²) in [5, 5.41) is 10.6. The third-order valence-electron chi connectivity index (χ3n) is 17.0. The van der Waals surface area contributed by atoms with Gasteiger partial charge in [-0.25, -0.2) is 9.13 Å². The molecule has 102 heavy (non-hydrogen) atoms. The van der Waals surface area contributed by atoms with Crippen molar-refractivity contribution >= 4 is 39.5 Å². The van der Waals surface area contributed by atoms with Gasteiger partial charge >= 0.3 is 39.5 Å². The molecule has 0 heterocycles. The van der Waals surface area contributed by atoms with Gasteiger partial charge in [0.25, 0.3) is 0 Å². The molecule has 590 valence electrons. The number of rotatable bonds is 76. The smallest absolute Gasteiger partial charge is 0.462 e. The van der Waals surface area contributed by atoms with Crippen molar-refractivity contribution in [3.8, 4) is 0 Å². The summed E-state index contributed by atoms with van der Waals surface area (Å²) >= 11 is 0. The van der Waals surface area contributed by atoms with E-state index in [2.05, 4.69) is 125 Å². The number of carbonyl (C=O) groups is 4. The number of ether oxygens (including phenoxy) is 4. The Bertz CT molecular complexity index is 2310. The Morgan fingerprint density at radius 2 is 0.510 bits per heavy atom. The Morgan fingerprint density at radius 1 is 0.284 bits per heavy atom. The maximum Gasteiger partial charge on any atom is 0.472 e. The molecule has 0 aliphatic carbocycles. The molecule has 0 amide bonds. The zero-order valence-corrected chi connectivity index (χ0v) is 66.3. The second kappa shape index (κ2) is 75.2. The average Bonchev–Trinajstić information content (AvgIpc) is 0.907. The maximum absolute atomic E-state index is 13.1. The van der Waals surface area contributed by atoms with E-state index in [1.807, 2.05) is 0 Å². The van der Waals surface area contributed by atoms with Crippen LogP contribution < -0.4 is 0 Å². The minimum atomic E-state index is -4.99. The number of unbranched alkanes of at least 4 members (excludes halogenated alkanes) is 34. The lowest BCUT2D eigenvalue weighted by molar-refractivity contribution is -0.161. The molecule has 0 aromatic heterocycles. The third-order valence-corrected chi connectivity index (χ3v) is 18.9. The normalized spacial score (nSPS) is 14.4. The van der Waals surface area contributed by atoms with E-state index < -0.39 is 97.5 Å². The first-order chi connectivity index (χ1) is 49.7. The number of aliphatic hydroxyl groups is 1. The highest BCUT2D eigenvalue weighted by Gasteiger charge is 2.30. The van der Waals surface area contributed by atoms with E-state index >= 15 is 0 Å². The predicted molar refractivity (Wildman–Crippen MR) is 418 cm³/mol. The molecule has 0 radical (unpaired) electrons. The number of esters is 4. The molecule has 0 spiro atoms. The van der Waals surface area contributed by atoms with Crippen molar-refractivity contribution in [1.29, 1.82) is 0 Å². The van der Waals surface area contributed by atoms with E-state index in [9.17, 15) is 43.2 Å². The average molecular weight is 1480 g/mol. The molecular formula is C83H146O17P2. The highest BCUT2D eigenvalue weighted by molar-refractivity contribution is 7.47. The number of phosphoric acid groups is 2. The van der Waals surface area contributed by atoms with Crippen molar-refractivity contribution in [2.24, 2.45) is 0 Å². The van der Waals surface area contributed by atoms with Gasteiger partial charge < -0.3 is 33.8 Å². The molecule has 0 saturated heterocycles. The molecule has 3 N–H and O–H groups in total. The first-order valence-electron chi connectivity index (χ1n) is 40.5. The van der Waals surface area contributed by atoms with E-state index in [-0.39, 0.29) is 25.7 Å². The zero-order chi connectivity index (χ0) is 74.6. The molecule has 0 aliphatic rings. The van der Waals surface area contributed by atoms with Crippen LogP contribution in [0.1, 0.15) is 349 Å². The van der Waals surface area contributed by atoms with E-state index in [1.165, 1.54) is 109 Å². The number of allylic oxidation sites excluding steroid dienone is 16. The largest absolute Gasteiger partial charge is 0.472 e. The van der Waals surface area contributed by atoms with Gasteiger partial charge in [-0.2, -0.15) is 0 Å². The lowest BCUT2D eigenvalue weighted by atomic mass is 10.0. The summed E-state index contributed by atoms with van der Waals surface area (Å²) in [6.45, 7) is 4.70. The first kappa shape index (κ1) is 98.0. The fraction of sp³-hybridized carbons (Fsp3) is 0.759. The molecule has 0 aromatic carbocycles. The predicted octanol–water partition coefficient (Wildman–Crippen LogP) is 23.6. The van der Waals surface area contributed by atoms with Crippen molar-refractivity contribution in [1.82, 2.24) is 0 Å². The Morgan fingerprint density at radius 3 is 0.833 bits per heavy atom. The van der Waals surface area contributed by atoms with Gasteiger partial charge in [0.1, 0.15) is 19.3 Å². The summed E-state index contributed by atoms with van der Waals surface area (Å²) in [6.07, 6.45) is 79.6. The lowest BCUT2D eigenvalue weighted by Crippen LogP contribution is -2.30. The van der Waals surface area contributed by atoms with Crippen molar-refractivity contribution in [3.05, 3.63) is 97.2 Å². The first-order valence-corrected chi connectivity index (χ1v) is 43.5. The lowest BCUT2D eigenvalue weighted by Gasteiger charge is -2.21. The van der Waals surface area contributed by atoms with E-state index in [4.69, 9.17) is 37.0 Å². The quantitative estimate of drug-likeness (QED) is 0.0169. The third kappa shape index (κ3) is 74.3. The number of aliphatic hydroxyl groups excluding tert-OH is 1. The van der Waals surface area contributed by atoms with Crippen LogP contribution in [0.2, 0.25) is 0 Å². The van der Waals surface area contributed by atoms with Gasteiger partial charge in [-0.15, -0.1) is 0 Å². The molecule has 5 atom stereocenters. The molecule has 0 saturated carbocycles. The molecule has 17 nitrogen and oxygen atoms in total. The highest BCUT2D eigenvalue weighted by atomic mass is 31.2. The van der Waals surface area contributed by atoms with Crippen LogP contribution in [-0.4, -0.2) is 96.7 Å². The van der Waals surface area contributed by atoms with Crippen LogP contribution in [0.5, 0.6) is 0 Å². The second-order valence-corrected chi connectivity index (χ2v) is 29.9. The van der Waals surface area contributed by atoms with E-state index in [1.54, 1.807) is 0 Å². The standard InChI is InChI=1S/C83H146O17P2/c1-5-9-13-17-21-25-29-33-36-37-38-39-42-45-48-52-56-60-64-68-81(86)94-74-79(100-83(88)70-66-62-58-54-50-46-41-35-31-27-23-19-15-11-7-3)76-98-102(91,92)96-72-77(84)71-95-101(89,90)97-75-78(99-82(87)69-65-61-57-53-49-43-32-28-24-20-16-12-8-4)73-93-80(85)67-63-59-55-51-47-44-40-34-30-26-22-18-14-10-6-2/h11,15,21,23,25,27,33-36,38-41,50,54,77-79,84H,5-10,12-14,16-20,22,24,26,28-32,37,42-49,51-53,55-76H2,1-4H3,(H,89,90)(H,91,92)/b15-11-,25-21-,27-23-,36-33-,39-38-,40-34-,41-35-,54-50-. The van der Waals surface area contributed by atoms with Crippen LogP contribution >= 0.6 is 15.6 Å². The van der Waals surface area contributed by atoms with Gasteiger partial charge in [-0.05, 0) is 128 Å².